The van der Waals surface area contributed by atoms with Gasteiger partial charge in [-0.15, -0.1) is 24.0 Å². The highest BCUT2D eigenvalue weighted by molar-refractivity contribution is 14.0. The van der Waals surface area contributed by atoms with Crippen molar-refractivity contribution in [3.8, 4) is 5.75 Å². The van der Waals surface area contributed by atoms with Gasteiger partial charge in [0, 0.05) is 30.4 Å². The van der Waals surface area contributed by atoms with Gasteiger partial charge < -0.3 is 20.4 Å². The number of rotatable bonds is 7. The quantitative estimate of drug-likeness (QED) is 0.207. The van der Waals surface area contributed by atoms with E-state index < -0.39 is 0 Å². The summed E-state index contributed by atoms with van der Waals surface area (Å²) in [5.74, 6) is 1.59. The number of aromatic amines is 1. The summed E-state index contributed by atoms with van der Waals surface area (Å²) in [5.41, 5.74) is 3.33. The van der Waals surface area contributed by atoms with Crippen LogP contribution in [0.4, 0.5) is 0 Å². The second-order valence-electron chi connectivity index (χ2n) is 5.87. The van der Waals surface area contributed by atoms with Gasteiger partial charge in [0.05, 0.1) is 6.54 Å². The summed E-state index contributed by atoms with van der Waals surface area (Å²) in [7, 11) is 1.76. The molecular weight excluding hydrogens is 451 g/mol. The zero-order valence-electron chi connectivity index (χ0n) is 15.4. The molecule has 0 saturated heterocycles. The average Bonchev–Trinajstić information content (AvgIpc) is 3.10. The maximum Gasteiger partial charge on any atom is 0.191 e. The zero-order chi connectivity index (χ0) is 18.2. The Balaban J connectivity index is 0.00000261. The number of nitrogens with zero attached hydrogens (tertiary/aromatic N) is 1. The molecule has 5 nitrogen and oxygen atoms in total. The third kappa shape index (κ3) is 5.75. The molecule has 0 atom stereocenters. The molecule has 2 aromatic carbocycles. The first-order valence-corrected chi connectivity index (χ1v) is 8.63. The fourth-order valence-electron chi connectivity index (χ4n) is 2.75. The number of fused-ring (bicyclic) bond motifs is 1. The standard InChI is InChI=1S/C21H24N4O.HI/c1-3-12-26-20-11-7-5-9-17(20)14-23-21(22-2)24-15-18-13-16-8-4-6-10-19(16)25-18;/h3-11,13,25H,1,12,14-15H2,2H3,(H2,22,23,24);1H. The fraction of sp³-hybridized carbons (Fsp3) is 0.190. The molecule has 0 aliphatic heterocycles. The van der Waals surface area contributed by atoms with Crippen LogP contribution >= 0.6 is 24.0 Å². The van der Waals surface area contributed by atoms with Crippen LogP contribution in [0.15, 0.2) is 72.2 Å². The molecule has 0 aliphatic rings. The molecule has 6 heteroatoms. The molecule has 0 fully saturated rings. The first-order chi connectivity index (χ1) is 12.8. The number of halogens is 1. The van der Waals surface area contributed by atoms with Gasteiger partial charge in [-0.2, -0.15) is 0 Å². The summed E-state index contributed by atoms with van der Waals surface area (Å²) in [4.78, 5) is 7.69. The Morgan fingerprint density at radius 1 is 1.11 bits per heavy atom. The zero-order valence-corrected chi connectivity index (χ0v) is 17.7. The predicted octanol–water partition coefficient (Wildman–Crippen LogP) is 4.22. The summed E-state index contributed by atoms with van der Waals surface area (Å²) in [6, 6.07) is 18.4. The number of aromatic nitrogens is 1. The number of hydrogen-bond acceptors (Lipinski definition) is 2. The molecule has 27 heavy (non-hydrogen) atoms. The van der Waals surface area contributed by atoms with Crippen molar-refractivity contribution >= 4 is 40.8 Å². The molecular formula is C21H25IN4O. The highest BCUT2D eigenvalue weighted by Crippen LogP contribution is 2.17. The van der Waals surface area contributed by atoms with E-state index in [9.17, 15) is 0 Å². The Hall–Kier alpha value is -2.48. The van der Waals surface area contributed by atoms with Gasteiger partial charge in [-0.25, -0.2) is 0 Å². The van der Waals surface area contributed by atoms with Gasteiger partial charge in [-0.05, 0) is 23.6 Å². The molecule has 3 aromatic rings. The first kappa shape index (κ1) is 20.8. The van der Waals surface area contributed by atoms with Crippen LogP contribution < -0.4 is 15.4 Å². The van der Waals surface area contributed by atoms with E-state index in [0.29, 0.717) is 19.7 Å². The molecule has 0 radical (unpaired) electrons. The van der Waals surface area contributed by atoms with Crippen LogP contribution in [0.25, 0.3) is 10.9 Å². The first-order valence-electron chi connectivity index (χ1n) is 8.63. The molecule has 3 rings (SSSR count). The molecule has 1 aromatic heterocycles. The number of guanidine groups is 1. The number of benzene rings is 2. The molecule has 0 amide bonds. The second-order valence-corrected chi connectivity index (χ2v) is 5.87. The van der Waals surface area contributed by atoms with E-state index in [0.717, 1.165) is 28.5 Å². The van der Waals surface area contributed by atoms with Crippen LogP contribution in [0.3, 0.4) is 0 Å². The van der Waals surface area contributed by atoms with Gasteiger partial charge in [-0.1, -0.05) is 49.1 Å². The van der Waals surface area contributed by atoms with Gasteiger partial charge in [0.2, 0.25) is 0 Å². The van der Waals surface area contributed by atoms with Gasteiger partial charge >= 0.3 is 0 Å². The van der Waals surface area contributed by atoms with Crippen LogP contribution in [0.1, 0.15) is 11.3 Å². The molecule has 1 heterocycles. The minimum absolute atomic E-state index is 0. The summed E-state index contributed by atoms with van der Waals surface area (Å²) >= 11 is 0. The monoisotopic (exact) mass is 476 g/mol. The third-order valence-electron chi connectivity index (χ3n) is 4.03. The van der Waals surface area contributed by atoms with E-state index in [1.165, 1.54) is 5.39 Å². The Morgan fingerprint density at radius 3 is 2.63 bits per heavy atom. The summed E-state index contributed by atoms with van der Waals surface area (Å²) in [6.07, 6.45) is 1.74. The molecule has 0 spiro atoms. The van der Waals surface area contributed by atoms with E-state index in [-0.39, 0.29) is 24.0 Å². The van der Waals surface area contributed by atoms with Crippen molar-refractivity contribution in [3.05, 3.63) is 78.5 Å². The lowest BCUT2D eigenvalue weighted by atomic mass is 10.2. The van der Waals surface area contributed by atoms with Crippen LogP contribution in [-0.2, 0) is 13.1 Å². The van der Waals surface area contributed by atoms with Crippen molar-refractivity contribution in [2.24, 2.45) is 4.99 Å². The van der Waals surface area contributed by atoms with Crippen LogP contribution in [0.2, 0.25) is 0 Å². The van der Waals surface area contributed by atoms with E-state index >= 15 is 0 Å². The number of aliphatic imine (C=N–C) groups is 1. The molecule has 0 unspecified atom stereocenters. The largest absolute Gasteiger partial charge is 0.489 e. The Kier molecular flexibility index (Phi) is 8.19. The van der Waals surface area contributed by atoms with E-state index in [2.05, 4.69) is 45.4 Å². The molecule has 0 aliphatic carbocycles. The van der Waals surface area contributed by atoms with Crippen LogP contribution in [0.5, 0.6) is 5.75 Å². The summed E-state index contributed by atoms with van der Waals surface area (Å²) < 4.78 is 5.69. The van der Waals surface area contributed by atoms with Crippen molar-refractivity contribution < 1.29 is 4.74 Å². The minimum atomic E-state index is 0. The molecule has 3 N–H and O–H groups in total. The van der Waals surface area contributed by atoms with Gasteiger partial charge in [0.15, 0.2) is 5.96 Å². The van der Waals surface area contributed by atoms with E-state index in [1.807, 2.05) is 36.4 Å². The maximum atomic E-state index is 5.69. The Morgan fingerprint density at radius 2 is 1.85 bits per heavy atom. The lowest BCUT2D eigenvalue weighted by molar-refractivity contribution is 0.358. The third-order valence-corrected chi connectivity index (χ3v) is 4.03. The van der Waals surface area contributed by atoms with Crippen molar-refractivity contribution in [2.75, 3.05) is 13.7 Å². The van der Waals surface area contributed by atoms with Crippen LogP contribution in [-0.4, -0.2) is 24.6 Å². The average molecular weight is 476 g/mol. The van der Waals surface area contributed by atoms with Gasteiger partial charge in [0.25, 0.3) is 0 Å². The van der Waals surface area contributed by atoms with Gasteiger partial charge in [0.1, 0.15) is 12.4 Å². The molecule has 0 saturated carbocycles. The number of para-hydroxylation sites is 2. The maximum absolute atomic E-state index is 5.69. The smallest absolute Gasteiger partial charge is 0.191 e. The highest BCUT2D eigenvalue weighted by atomic mass is 127. The second kappa shape index (κ2) is 10.6. The number of H-pyrrole nitrogens is 1. The molecule has 0 bridgehead atoms. The number of ether oxygens (including phenoxy) is 1. The van der Waals surface area contributed by atoms with Crippen molar-refractivity contribution in [1.29, 1.82) is 0 Å². The van der Waals surface area contributed by atoms with E-state index in [4.69, 9.17) is 4.74 Å². The fourth-order valence-corrected chi connectivity index (χ4v) is 2.75. The van der Waals surface area contributed by atoms with Crippen molar-refractivity contribution in [1.82, 2.24) is 15.6 Å². The normalized spacial score (nSPS) is 10.9. The van der Waals surface area contributed by atoms with E-state index in [1.54, 1.807) is 13.1 Å². The molecule has 142 valence electrons. The summed E-state index contributed by atoms with van der Waals surface area (Å²) in [5, 5.41) is 7.86. The van der Waals surface area contributed by atoms with Crippen LogP contribution in [0, 0.1) is 0 Å². The van der Waals surface area contributed by atoms with Gasteiger partial charge in [-0.3, -0.25) is 4.99 Å². The lowest BCUT2D eigenvalue weighted by Gasteiger charge is -2.14. The summed E-state index contributed by atoms with van der Waals surface area (Å²) in [6.45, 7) is 5.47. The van der Waals surface area contributed by atoms with Crippen molar-refractivity contribution in [3.63, 3.8) is 0 Å². The Bertz CT molecular complexity index is 871. The predicted molar refractivity (Wildman–Crippen MR) is 123 cm³/mol. The topological polar surface area (TPSA) is 61.4 Å². The van der Waals surface area contributed by atoms with Crippen molar-refractivity contribution in [2.45, 2.75) is 13.1 Å². The highest BCUT2D eigenvalue weighted by Gasteiger charge is 2.05. The Labute approximate surface area is 176 Å². The minimum Gasteiger partial charge on any atom is -0.489 e. The number of nitrogens with one attached hydrogen (secondary N) is 3. The number of hydrogen-bond donors (Lipinski definition) is 3. The SMILES string of the molecule is C=CCOc1ccccc1CNC(=NC)NCc1cc2ccccc2[nH]1.I. The lowest BCUT2D eigenvalue weighted by Crippen LogP contribution is -2.36.